The number of carbonyl (C=O) groups is 1. The van der Waals surface area contributed by atoms with E-state index < -0.39 is 0 Å². The van der Waals surface area contributed by atoms with Crippen molar-refractivity contribution in [2.75, 3.05) is 44.3 Å². The van der Waals surface area contributed by atoms with Gasteiger partial charge in [-0.25, -0.2) is 0 Å². The number of nitriles is 1. The van der Waals surface area contributed by atoms with Crippen molar-refractivity contribution in [1.29, 1.82) is 5.26 Å². The average Bonchev–Trinajstić information content (AvgIpc) is 3.58. The lowest BCUT2D eigenvalue weighted by molar-refractivity contribution is -0.111. The lowest BCUT2D eigenvalue weighted by Gasteiger charge is -2.29. The van der Waals surface area contributed by atoms with E-state index in [0.717, 1.165) is 81.7 Å². The molecule has 0 radical (unpaired) electrons. The van der Waals surface area contributed by atoms with Gasteiger partial charge in [0.1, 0.15) is 5.82 Å². The van der Waals surface area contributed by atoms with E-state index in [2.05, 4.69) is 49.5 Å². The summed E-state index contributed by atoms with van der Waals surface area (Å²) in [4.78, 5) is 26.5. The molecule has 8 nitrogen and oxygen atoms in total. The Labute approximate surface area is 240 Å². The number of morpholine rings is 1. The largest absolute Gasteiger partial charge is 0.463 e. The van der Waals surface area contributed by atoms with Crippen LogP contribution >= 0.6 is 0 Å². The summed E-state index contributed by atoms with van der Waals surface area (Å²) in [6.07, 6.45) is 11.0. The van der Waals surface area contributed by atoms with Gasteiger partial charge in [-0.15, -0.1) is 6.58 Å². The third-order valence-corrected chi connectivity index (χ3v) is 7.77. The lowest BCUT2D eigenvalue weighted by Crippen LogP contribution is -2.38. The number of carbonyl (C=O) groups excluding carboxylic acids is 1. The molecule has 8 heteroatoms. The zero-order valence-electron chi connectivity index (χ0n) is 24.6. The normalized spacial score (nSPS) is 18.7. The van der Waals surface area contributed by atoms with Crippen molar-refractivity contribution in [3.63, 3.8) is 0 Å². The smallest absolute Gasteiger partial charge is 0.318 e. The van der Waals surface area contributed by atoms with Crippen LogP contribution in [0, 0.1) is 17.2 Å². The summed E-state index contributed by atoms with van der Waals surface area (Å²) in [6.45, 7) is 20.4. The van der Waals surface area contributed by atoms with E-state index in [9.17, 15) is 10.1 Å². The molecule has 0 saturated carbocycles. The Hall–Kier alpha value is -3.02. The van der Waals surface area contributed by atoms with Crippen molar-refractivity contribution in [3.05, 3.63) is 48.7 Å². The van der Waals surface area contributed by atoms with Crippen LogP contribution in [0.1, 0.15) is 70.1 Å². The highest BCUT2D eigenvalue weighted by molar-refractivity contribution is 6.02. The summed E-state index contributed by atoms with van der Waals surface area (Å²) in [7, 11) is 0. The number of allylic oxidation sites excluding steroid dienone is 3. The molecule has 1 aromatic heterocycles. The quantitative estimate of drug-likeness (QED) is 0.124. The fourth-order valence-electron chi connectivity index (χ4n) is 5.61. The number of ether oxygens (including phenoxy) is 2. The van der Waals surface area contributed by atoms with Gasteiger partial charge in [0.05, 0.1) is 31.1 Å². The number of aromatic nitrogens is 2. The van der Waals surface area contributed by atoms with Crippen LogP contribution in [0.25, 0.3) is 0 Å². The van der Waals surface area contributed by atoms with Gasteiger partial charge < -0.3 is 14.4 Å². The molecule has 0 amide bonds. The summed E-state index contributed by atoms with van der Waals surface area (Å²) < 4.78 is 11.9. The monoisotopic (exact) mass is 549 g/mol. The van der Waals surface area contributed by atoms with Gasteiger partial charge in [-0.05, 0) is 68.9 Å². The molecule has 3 heterocycles. The molecule has 2 bridgehead atoms. The number of hydrogen-bond donors (Lipinski definition) is 0. The maximum atomic E-state index is 12.0. The first kappa shape index (κ1) is 31.5. The molecule has 1 unspecified atom stereocenters. The summed E-state index contributed by atoms with van der Waals surface area (Å²) in [5.74, 6) is 0.924. The maximum Gasteiger partial charge on any atom is 0.318 e. The van der Waals surface area contributed by atoms with Crippen LogP contribution in [0.15, 0.2) is 37.5 Å². The van der Waals surface area contributed by atoms with Crippen LogP contribution in [-0.4, -0.2) is 72.2 Å². The highest BCUT2D eigenvalue weighted by Crippen LogP contribution is 2.29. The molecule has 2 saturated heterocycles. The molecule has 0 aliphatic carbocycles. The number of rotatable bonds is 20. The molecule has 3 rings (SSSR count). The number of fused-ring (bicyclic) bond motifs is 2. The third kappa shape index (κ3) is 9.00. The molecule has 0 aromatic carbocycles. The van der Waals surface area contributed by atoms with E-state index in [1.807, 2.05) is 6.08 Å². The Balaban J connectivity index is 1.78. The Morgan fingerprint density at radius 2 is 2.15 bits per heavy atom. The zero-order valence-corrected chi connectivity index (χ0v) is 24.6. The van der Waals surface area contributed by atoms with Gasteiger partial charge >= 0.3 is 6.01 Å². The van der Waals surface area contributed by atoms with Crippen LogP contribution in [-0.2, 0) is 22.4 Å². The third-order valence-electron chi connectivity index (χ3n) is 7.77. The molecule has 0 spiro atoms. The fraction of sp³-hybridized carbons (Fsp3) is 0.625. The van der Waals surface area contributed by atoms with Crippen molar-refractivity contribution >= 4 is 11.6 Å². The number of hydrogen-bond acceptors (Lipinski definition) is 8. The second kappa shape index (κ2) is 16.3. The second-order valence-corrected chi connectivity index (χ2v) is 11.0. The first-order valence-corrected chi connectivity index (χ1v) is 14.9. The minimum atomic E-state index is -0.116. The molecule has 218 valence electrons. The number of nitrogens with zero attached hydrogens (tertiary/aromatic N) is 5. The predicted molar refractivity (Wildman–Crippen MR) is 160 cm³/mol. The number of ketones is 1. The first-order valence-electron chi connectivity index (χ1n) is 14.9. The van der Waals surface area contributed by atoms with Gasteiger partial charge in [-0.1, -0.05) is 33.1 Å². The topological polar surface area (TPSA) is 91.6 Å². The number of unbranched alkanes of at least 4 members (excludes halogenated alkanes) is 1. The van der Waals surface area contributed by atoms with Gasteiger partial charge in [0.25, 0.3) is 0 Å². The first-order chi connectivity index (χ1) is 19.4. The van der Waals surface area contributed by atoms with Gasteiger partial charge in [0.2, 0.25) is 0 Å². The molecular formula is C32H47N5O3. The summed E-state index contributed by atoms with van der Waals surface area (Å²) in [5, 5.41) is 9.32. The SMILES string of the molecule is C=CCCCc1c(CC)nc(OCCCN2C[C@H]3C[C@@H]2CO3)nc1N(CCCC(=C)C(=O)C=C)CC(C)CC#N. The Kier molecular flexibility index (Phi) is 12.8. The van der Waals surface area contributed by atoms with Gasteiger partial charge in [0.15, 0.2) is 5.78 Å². The van der Waals surface area contributed by atoms with Gasteiger partial charge in [-0.3, -0.25) is 9.69 Å². The van der Waals surface area contributed by atoms with E-state index >= 15 is 0 Å². The van der Waals surface area contributed by atoms with Crippen LogP contribution in [0.5, 0.6) is 6.01 Å². The number of likely N-dealkylation sites (tertiary alicyclic amines) is 1. The summed E-state index contributed by atoms with van der Waals surface area (Å²) in [6, 6.07) is 3.27. The number of aryl methyl sites for hydroxylation is 1. The van der Waals surface area contributed by atoms with Crippen molar-refractivity contribution in [1.82, 2.24) is 14.9 Å². The molecule has 2 aliphatic heterocycles. The van der Waals surface area contributed by atoms with Crippen LogP contribution in [0.3, 0.4) is 0 Å². The van der Waals surface area contributed by atoms with E-state index in [-0.39, 0.29) is 11.7 Å². The Bertz CT molecular complexity index is 1070. The Morgan fingerprint density at radius 1 is 1.32 bits per heavy atom. The maximum absolute atomic E-state index is 12.0. The standard InChI is InChI=1S/C32H47N5O3/c1-6-9-10-14-28-29(7-2)34-32(39-19-12-18-36-22-27-20-26(36)23-40-27)35-31(28)37(21-24(4)15-16-33)17-11-13-25(5)30(38)8-3/h6,8,24,26-27H,1,3,5,7,9-15,17-23H2,2,4H3/t24?,26-,27-/m1/s1. The molecular weight excluding hydrogens is 502 g/mol. The zero-order chi connectivity index (χ0) is 28.9. The van der Waals surface area contributed by atoms with Crippen LogP contribution in [0.4, 0.5) is 5.82 Å². The minimum Gasteiger partial charge on any atom is -0.463 e. The van der Waals surface area contributed by atoms with Crippen LogP contribution in [0.2, 0.25) is 0 Å². The molecule has 2 fully saturated rings. The lowest BCUT2D eigenvalue weighted by atomic mass is 10.0. The van der Waals surface area contributed by atoms with Gasteiger partial charge in [0, 0.05) is 44.2 Å². The van der Waals surface area contributed by atoms with E-state index in [1.165, 1.54) is 6.08 Å². The van der Waals surface area contributed by atoms with E-state index in [4.69, 9.17) is 19.4 Å². The summed E-state index contributed by atoms with van der Waals surface area (Å²) >= 11 is 0. The summed E-state index contributed by atoms with van der Waals surface area (Å²) in [5.41, 5.74) is 2.70. The molecule has 3 atom stereocenters. The van der Waals surface area contributed by atoms with Gasteiger partial charge in [-0.2, -0.15) is 15.2 Å². The number of anilines is 1. The predicted octanol–water partition coefficient (Wildman–Crippen LogP) is 5.24. The van der Waals surface area contributed by atoms with Crippen LogP contribution < -0.4 is 9.64 Å². The second-order valence-electron chi connectivity index (χ2n) is 11.0. The molecule has 1 aromatic rings. The minimum absolute atomic E-state index is 0.116. The van der Waals surface area contributed by atoms with E-state index in [1.54, 1.807) is 0 Å². The van der Waals surface area contributed by atoms with Crippen molar-refractivity contribution < 1.29 is 14.3 Å². The fourth-order valence-corrected chi connectivity index (χ4v) is 5.61. The average molecular weight is 550 g/mol. The molecule has 40 heavy (non-hydrogen) atoms. The molecule has 2 aliphatic rings. The highest BCUT2D eigenvalue weighted by Gasteiger charge is 2.38. The highest BCUT2D eigenvalue weighted by atomic mass is 16.5. The van der Waals surface area contributed by atoms with E-state index in [0.29, 0.717) is 56.3 Å². The van der Waals surface area contributed by atoms with Crippen molar-refractivity contribution in [3.8, 4) is 12.1 Å². The van der Waals surface area contributed by atoms with Crippen molar-refractivity contribution in [2.24, 2.45) is 5.92 Å². The van der Waals surface area contributed by atoms with Crippen molar-refractivity contribution in [2.45, 2.75) is 83.8 Å². The molecule has 0 N–H and O–H groups in total. The Morgan fingerprint density at radius 3 is 2.80 bits per heavy atom.